The number of imide groups is 2. The largest absolute Gasteiger partial charge is 0.272 e. The van der Waals surface area contributed by atoms with Gasteiger partial charge in [-0.15, -0.1) is 0 Å². The molecule has 0 aliphatic carbocycles. The van der Waals surface area contributed by atoms with Crippen molar-refractivity contribution >= 4 is 66.7 Å². The molecule has 5 aromatic rings. The summed E-state index contributed by atoms with van der Waals surface area (Å²) in [5.74, 6) is 0.176. The van der Waals surface area contributed by atoms with Crippen LogP contribution in [0.4, 0.5) is 0 Å². The van der Waals surface area contributed by atoms with Crippen molar-refractivity contribution in [1.82, 2.24) is 9.80 Å². The lowest BCUT2D eigenvalue weighted by atomic mass is 9.82. The van der Waals surface area contributed by atoms with Gasteiger partial charge in [0.05, 0.1) is 0 Å². The van der Waals surface area contributed by atoms with Crippen molar-refractivity contribution in [3.05, 3.63) is 70.8 Å². The van der Waals surface area contributed by atoms with E-state index in [4.69, 9.17) is 0 Å². The Labute approximate surface area is 270 Å². The van der Waals surface area contributed by atoms with Gasteiger partial charge in [0.15, 0.2) is 0 Å². The molecule has 0 spiro atoms. The van der Waals surface area contributed by atoms with Crippen LogP contribution in [0.25, 0.3) is 43.1 Å². The highest BCUT2D eigenvalue weighted by Crippen LogP contribution is 2.46. The fourth-order valence-electron chi connectivity index (χ4n) is 8.01. The van der Waals surface area contributed by atoms with Crippen LogP contribution in [0.5, 0.6) is 0 Å². The molecule has 0 radical (unpaired) electrons. The molecule has 6 heteroatoms. The molecule has 0 N–H and O–H groups in total. The molecule has 236 valence electrons. The van der Waals surface area contributed by atoms with E-state index in [1.165, 1.54) is 9.80 Å². The van der Waals surface area contributed by atoms with Crippen LogP contribution in [0.3, 0.4) is 0 Å². The van der Waals surface area contributed by atoms with Gasteiger partial charge < -0.3 is 0 Å². The van der Waals surface area contributed by atoms with Crippen molar-refractivity contribution in [2.75, 3.05) is 0 Å². The molecule has 2 atom stereocenters. The lowest BCUT2D eigenvalue weighted by molar-refractivity contribution is 0.0526. The first kappa shape index (κ1) is 30.3. The summed E-state index contributed by atoms with van der Waals surface area (Å²) in [6, 6.07) is 14.9. The Balaban J connectivity index is 1.36. The van der Waals surface area contributed by atoms with Gasteiger partial charge in [0.2, 0.25) is 0 Å². The van der Waals surface area contributed by atoms with Crippen LogP contribution < -0.4 is 0 Å². The molecular weight excluding hydrogens is 572 g/mol. The Kier molecular flexibility index (Phi) is 7.38. The molecule has 2 aliphatic rings. The van der Waals surface area contributed by atoms with Crippen molar-refractivity contribution in [2.24, 2.45) is 11.8 Å². The Hall–Kier alpha value is -4.32. The number of fused-ring (bicyclic) bond motifs is 2. The molecule has 5 aromatic carbocycles. The number of hydrogen-bond donors (Lipinski definition) is 0. The molecule has 0 aromatic heterocycles. The molecule has 6 nitrogen and oxygen atoms in total. The summed E-state index contributed by atoms with van der Waals surface area (Å²) < 4.78 is 0. The minimum Gasteiger partial charge on any atom is -0.272 e. The molecule has 2 heterocycles. The van der Waals surface area contributed by atoms with Crippen LogP contribution in [0.15, 0.2) is 48.5 Å². The standard InChI is InChI=1S/C40H42N2O4/c1-21(2)9-7-11-23(5)41-37(43)29-17-13-25-27-15-19-31-36-32(40(46)42(39(31)45)24(6)12-8-10-22(3)4)20-16-28(34(27)36)26-14-18-30(38(41)44)35(29)33(25)26/h13-24H,7-12H2,1-6H3. The van der Waals surface area contributed by atoms with Crippen molar-refractivity contribution in [2.45, 2.75) is 92.2 Å². The Morgan fingerprint density at radius 3 is 0.957 bits per heavy atom. The number of hydrogen-bond acceptors (Lipinski definition) is 4. The zero-order valence-electron chi connectivity index (χ0n) is 27.7. The van der Waals surface area contributed by atoms with Gasteiger partial charge in [-0.2, -0.15) is 0 Å². The maximum atomic E-state index is 13.9. The number of benzene rings is 5. The summed E-state index contributed by atoms with van der Waals surface area (Å²) >= 11 is 0. The Morgan fingerprint density at radius 1 is 0.413 bits per heavy atom. The van der Waals surface area contributed by atoms with E-state index in [2.05, 4.69) is 27.7 Å². The molecule has 0 saturated heterocycles. The molecule has 2 unspecified atom stereocenters. The quantitative estimate of drug-likeness (QED) is 0.0892. The molecular formula is C40H42N2O4. The topological polar surface area (TPSA) is 74.8 Å². The third-order valence-corrected chi connectivity index (χ3v) is 10.4. The summed E-state index contributed by atoms with van der Waals surface area (Å²) in [7, 11) is 0. The number of amides is 4. The molecule has 0 saturated carbocycles. The van der Waals surface area contributed by atoms with Crippen LogP contribution in [0, 0.1) is 11.8 Å². The van der Waals surface area contributed by atoms with Crippen LogP contribution in [0.2, 0.25) is 0 Å². The highest BCUT2D eigenvalue weighted by atomic mass is 16.2. The summed E-state index contributed by atoms with van der Waals surface area (Å²) in [5, 5.41) is 6.81. The predicted molar refractivity (Wildman–Crippen MR) is 185 cm³/mol. The average Bonchev–Trinajstić information content (AvgIpc) is 3.01. The fraction of sp³-hybridized carbons (Fsp3) is 0.400. The van der Waals surface area contributed by atoms with E-state index in [0.717, 1.165) is 70.8 Å². The second kappa shape index (κ2) is 11.2. The molecule has 46 heavy (non-hydrogen) atoms. The van der Waals surface area contributed by atoms with Crippen LogP contribution in [-0.4, -0.2) is 45.5 Å². The van der Waals surface area contributed by atoms with Gasteiger partial charge in [-0.05, 0) is 95.1 Å². The molecule has 0 bridgehead atoms. The summed E-state index contributed by atoms with van der Waals surface area (Å²) in [4.78, 5) is 58.6. The van der Waals surface area contributed by atoms with Crippen molar-refractivity contribution in [1.29, 1.82) is 0 Å². The third-order valence-electron chi connectivity index (χ3n) is 10.4. The van der Waals surface area contributed by atoms with Crippen LogP contribution in [-0.2, 0) is 0 Å². The SMILES string of the molecule is CC(C)CCCC(C)N1C(=O)c2ccc3c4ccc5c6c(ccc(c7ccc(c2c37)C1=O)c64)C(=O)N(C(C)CCCC(C)C)C5=O. The van der Waals surface area contributed by atoms with E-state index in [-0.39, 0.29) is 35.7 Å². The number of nitrogens with zero attached hydrogens (tertiary/aromatic N) is 2. The average molecular weight is 615 g/mol. The van der Waals surface area contributed by atoms with Gasteiger partial charge in [0, 0.05) is 45.1 Å². The maximum absolute atomic E-state index is 13.9. The summed E-state index contributed by atoms with van der Waals surface area (Å²) in [5.41, 5.74) is 2.19. The molecule has 7 rings (SSSR count). The highest BCUT2D eigenvalue weighted by Gasteiger charge is 2.39. The smallest absolute Gasteiger partial charge is 0.261 e. The van der Waals surface area contributed by atoms with E-state index in [1.54, 1.807) is 0 Å². The fourth-order valence-corrected chi connectivity index (χ4v) is 8.01. The van der Waals surface area contributed by atoms with Gasteiger partial charge in [0.1, 0.15) is 0 Å². The second-order valence-corrected chi connectivity index (χ2v) is 14.5. The van der Waals surface area contributed by atoms with E-state index in [9.17, 15) is 19.2 Å². The van der Waals surface area contributed by atoms with Gasteiger partial charge in [-0.25, -0.2) is 0 Å². The summed E-state index contributed by atoms with van der Waals surface area (Å²) in [6.45, 7) is 12.7. The minimum atomic E-state index is -0.243. The number of carbonyl (C=O) groups excluding carboxylic acids is 4. The Bertz CT molecular complexity index is 1820. The van der Waals surface area contributed by atoms with Gasteiger partial charge in [0.25, 0.3) is 23.6 Å². The predicted octanol–water partition coefficient (Wildman–Crippen LogP) is 9.36. The molecule has 2 aliphatic heterocycles. The van der Waals surface area contributed by atoms with Crippen LogP contribution >= 0.6 is 0 Å². The number of carbonyl (C=O) groups is 4. The number of rotatable bonds is 10. The normalized spacial score (nSPS) is 16.4. The summed E-state index contributed by atoms with van der Waals surface area (Å²) in [6.07, 6.45) is 5.58. The van der Waals surface area contributed by atoms with E-state index >= 15 is 0 Å². The van der Waals surface area contributed by atoms with Crippen molar-refractivity contribution in [3.63, 3.8) is 0 Å². The first-order valence-electron chi connectivity index (χ1n) is 17.0. The lowest BCUT2D eigenvalue weighted by Crippen LogP contribution is -2.46. The lowest BCUT2D eigenvalue weighted by Gasteiger charge is -2.34. The van der Waals surface area contributed by atoms with Gasteiger partial charge >= 0.3 is 0 Å². The van der Waals surface area contributed by atoms with E-state index < -0.39 is 0 Å². The zero-order valence-corrected chi connectivity index (χ0v) is 27.7. The maximum Gasteiger partial charge on any atom is 0.261 e. The monoisotopic (exact) mass is 614 g/mol. The van der Waals surface area contributed by atoms with Crippen LogP contribution in [0.1, 0.15) is 121 Å². The zero-order chi connectivity index (χ0) is 32.6. The van der Waals surface area contributed by atoms with Gasteiger partial charge in [-0.1, -0.05) is 77.6 Å². The van der Waals surface area contributed by atoms with Crippen molar-refractivity contribution in [3.8, 4) is 0 Å². The highest BCUT2D eigenvalue weighted by molar-refractivity contribution is 6.41. The van der Waals surface area contributed by atoms with Gasteiger partial charge in [-0.3, -0.25) is 29.0 Å². The third kappa shape index (κ3) is 4.44. The Morgan fingerprint density at radius 2 is 0.696 bits per heavy atom. The minimum absolute atomic E-state index is 0.196. The van der Waals surface area contributed by atoms with E-state index in [1.807, 2.05) is 62.4 Å². The van der Waals surface area contributed by atoms with Crippen molar-refractivity contribution < 1.29 is 19.2 Å². The molecule has 0 fully saturated rings. The first-order chi connectivity index (χ1) is 22.0. The second-order valence-electron chi connectivity index (χ2n) is 14.5. The van der Waals surface area contributed by atoms with E-state index in [0.29, 0.717) is 44.9 Å². The first-order valence-corrected chi connectivity index (χ1v) is 17.0. The molecule has 4 amide bonds.